The standard InChI is InChI=1S/C10H16N2O2/c1-4-6(3)8-11-9(13)7(5-2)10(14)12-8/h6H,4-5H2,1-3H3,(H2,11,12,13,14). The summed E-state index contributed by atoms with van der Waals surface area (Å²) in [6.45, 7) is 5.79. The molecule has 1 atom stereocenters. The fraction of sp³-hybridized carbons (Fsp3) is 0.600. The molecule has 4 heteroatoms. The second-order valence-electron chi connectivity index (χ2n) is 3.42. The van der Waals surface area contributed by atoms with Gasteiger partial charge in [-0.3, -0.25) is 4.79 Å². The van der Waals surface area contributed by atoms with Crippen LogP contribution in [0.15, 0.2) is 4.79 Å². The van der Waals surface area contributed by atoms with Gasteiger partial charge >= 0.3 is 0 Å². The number of nitrogens with one attached hydrogen (secondary N) is 1. The number of rotatable bonds is 3. The summed E-state index contributed by atoms with van der Waals surface area (Å²) >= 11 is 0. The molecule has 0 aliphatic heterocycles. The van der Waals surface area contributed by atoms with Gasteiger partial charge in [0.15, 0.2) is 0 Å². The molecule has 14 heavy (non-hydrogen) atoms. The van der Waals surface area contributed by atoms with Crippen LogP contribution in [-0.2, 0) is 6.42 Å². The van der Waals surface area contributed by atoms with E-state index in [1.54, 1.807) is 0 Å². The van der Waals surface area contributed by atoms with Gasteiger partial charge < -0.3 is 10.1 Å². The lowest BCUT2D eigenvalue weighted by Crippen LogP contribution is -2.17. The zero-order chi connectivity index (χ0) is 10.7. The van der Waals surface area contributed by atoms with Gasteiger partial charge in [0, 0.05) is 5.92 Å². The number of H-pyrrole nitrogens is 1. The van der Waals surface area contributed by atoms with E-state index in [9.17, 15) is 9.90 Å². The number of aromatic amines is 1. The average molecular weight is 196 g/mol. The third-order valence-electron chi connectivity index (χ3n) is 2.44. The lowest BCUT2D eigenvalue weighted by Gasteiger charge is -2.08. The molecule has 0 fully saturated rings. The Bertz CT molecular complexity index is 371. The van der Waals surface area contributed by atoms with Crippen molar-refractivity contribution in [2.45, 2.75) is 39.5 Å². The second-order valence-corrected chi connectivity index (χ2v) is 3.42. The van der Waals surface area contributed by atoms with Crippen LogP contribution in [0.3, 0.4) is 0 Å². The largest absolute Gasteiger partial charge is 0.493 e. The maximum atomic E-state index is 11.5. The molecule has 0 amide bonds. The number of aromatic hydroxyl groups is 1. The smallest absolute Gasteiger partial charge is 0.257 e. The molecule has 0 spiro atoms. The lowest BCUT2D eigenvalue weighted by molar-refractivity contribution is 0.437. The van der Waals surface area contributed by atoms with Crippen molar-refractivity contribution >= 4 is 0 Å². The molecule has 0 aliphatic carbocycles. The van der Waals surface area contributed by atoms with Crippen LogP contribution in [-0.4, -0.2) is 15.1 Å². The molecule has 1 rings (SSSR count). The molecule has 0 saturated heterocycles. The van der Waals surface area contributed by atoms with Crippen LogP contribution >= 0.6 is 0 Å². The van der Waals surface area contributed by atoms with E-state index in [4.69, 9.17) is 0 Å². The predicted octanol–water partition coefficient (Wildman–Crippen LogP) is 1.55. The maximum Gasteiger partial charge on any atom is 0.257 e. The molecule has 0 bridgehead atoms. The highest BCUT2D eigenvalue weighted by Crippen LogP contribution is 2.16. The van der Waals surface area contributed by atoms with Gasteiger partial charge in [0.25, 0.3) is 5.56 Å². The van der Waals surface area contributed by atoms with Gasteiger partial charge in [0.05, 0.1) is 5.56 Å². The molecule has 0 radical (unpaired) electrons. The minimum atomic E-state index is -0.227. The van der Waals surface area contributed by atoms with Crippen LogP contribution in [0.5, 0.6) is 5.88 Å². The first kappa shape index (κ1) is 10.8. The Hall–Kier alpha value is -1.32. The van der Waals surface area contributed by atoms with Gasteiger partial charge in [-0.05, 0) is 12.8 Å². The lowest BCUT2D eigenvalue weighted by atomic mass is 10.1. The summed E-state index contributed by atoms with van der Waals surface area (Å²) in [6.07, 6.45) is 1.38. The molecule has 1 unspecified atom stereocenters. The maximum absolute atomic E-state index is 11.5. The zero-order valence-corrected chi connectivity index (χ0v) is 8.79. The normalized spacial score (nSPS) is 12.8. The number of hydrogen-bond donors (Lipinski definition) is 2. The summed E-state index contributed by atoms with van der Waals surface area (Å²) in [5, 5.41) is 9.49. The Morgan fingerprint density at radius 2 is 2.14 bits per heavy atom. The molecule has 0 aliphatic rings. The van der Waals surface area contributed by atoms with Crippen molar-refractivity contribution in [2.24, 2.45) is 0 Å². The van der Waals surface area contributed by atoms with Crippen LogP contribution in [0.4, 0.5) is 0 Å². The van der Waals surface area contributed by atoms with Crippen LogP contribution in [0.25, 0.3) is 0 Å². The molecule has 0 aromatic carbocycles. The summed E-state index contributed by atoms with van der Waals surface area (Å²) < 4.78 is 0. The second kappa shape index (κ2) is 4.26. The van der Waals surface area contributed by atoms with Crippen molar-refractivity contribution < 1.29 is 5.11 Å². The first-order chi connectivity index (χ1) is 6.60. The number of nitrogens with zero attached hydrogens (tertiary/aromatic N) is 1. The molecule has 1 heterocycles. The van der Waals surface area contributed by atoms with Crippen molar-refractivity contribution in [3.8, 4) is 5.88 Å². The van der Waals surface area contributed by atoms with Crippen molar-refractivity contribution in [1.29, 1.82) is 0 Å². The molecular formula is C10H16N2O2. The van der Waals surface area contributed by atoms with E-state index in [1.807, 2.05) is 20.8 Å². The zero-order valence-electron chi connectivity index (χ0n) is 8.79. The van der Waals surface area contributed by atoms with Gasteiger partial charge in [-0.25, -0.2) is 0 Å². The molecule has 78 valence electrons. The fourth-order valence-electron chi connectivity index (χ4n) is 1.25. The van der Waals surface area contributed by atoms with Crippen LogP contribution in [0, 0.1) is 0 Å². The van der Waals surface area contributed by atoms with Gasteiger partial charge in [-0.15, -0.1) is 0 Å². The van der Waals surface area contributed by atoms with Crippen LogP contribution < -0.4 is 5.56 Å². The van der Waals surface area contributed by atoms with E-state index in [-0.39, 0.29) is 17.4 Å². The SMILES string of the molecule is CCc1c(O)nc(C(C)CC)[nH]c1=O. The summed E-state index contributed by atoms with van der Waals surface area (Å²) in [7, 11) is 0. The van der Waals surface area contributed by atoms with E-state index in [0.717, 1.165) is 6.42 Å². The van der Waals surface area contributed by atoms with Crippen molar-refractivity contribution in [2.75, 3.05) is 0 Å². The Morgan fingerprint density at radius 1 is 1.50 bits per heavy atom. The van der Waals surface area contributed by atoms with Gasteiger partial charge in [0.2, 0.25) is 5.88 Å². The molecular weight excluding hydrogens is 180 g/mol. The summed E-state index contributed by atoms with van der Waals surface area (Å²) in [4.78, 5) is 18.1. The van der Waals surface area contributed by atoms with Crippen molar-refractivity contribution in [3.05, 3.63) is 21.7 Å². The van der Waals surface area contributed by atoms with Crippen LogP contribution in [0.1, 0.15) is 44.5 Å². The first-order valence-corrected chi connectivity index (χ1v) is 4.92. The van der Waals surface area contributed by atoms with E-state index in [1.165, 1.54) is 0 Å². The van der Waals surface area contributed by atoms with E-state index < -0.39 is 0 Å². The quantitative estimate of drug-likeness (QED) is 0.770. The van der Waals surface area contributed by atoms with Crippen molar-refractivity contribution in [3.63, 3.8) is 0 Å². The summed E-state index contributed by atoms with van der Waals surface area (Å²) in [5.41, 5.74) is 0.132. The Morgan fingerprint density at radius 3 is 2.57 bits per heavy atom. The van der Waals surface area contributed by atoms with E-state index >= 15 is 0 Å². The minimum Gasteiger partial charge on any atom is -0.493 e. The summed E-state index contributed by atoms with van der Waals surface area (Å²) in [5.74, 6) is 0.596. The van der Waals surface area contributed by atoms with Crippen LogP contribution in [0.2, 0.25) is 0 Å². The highest BCUT2D eigenvalue weighted by Gasteiger charge is 2.11. The fourth-order valence-corrected chi connectivity index (χ4v) is 1.25. The third-order valence-corrected chi connectivity index (χ3v) is 2.44. The topological polar surface area (TPSA) is 66.0 Å². The number of hydrogen-bond acceptors (Lipinski definition) is 3. The average Bonchev–Trinajstić information content (AvgIpc) is 2.16. The number of aromatic nitrogens is 2. The van der Waals surface area contributed by atoms with Crippen molar-refractivity contribution in [1.82, 2.24) is 9.97 Å². The molecule has 1 aromatic rings. The summed E-state index contributed by atoms with van der Waals surface area (Å²) in [6, 6.07) is 0. The third kappa shape index (κ3) is 1.95. The monoisotopic (exact) mass is 196 g/mol. The molecule has 0 saturated carbocycles. The Kier molecular flexibility index (Phi) is 3.28. The molecule has 4 nitrogen and oxygen atoms in total. The van der Waals surface area contributed by atoms with E-state index in [2.05, 4.69) is 9.97 Å². The first-order valence-electron chi connectivity index (χ1n) is 4.92. The van der Waals surface area contributed by atoms with Gasteiger partial charge in [-0.1, -0.05) is 20.8 Å². The molecule has 1 aromatic heterocycles. The highest BCUT2D eigenvalue weighted by atomic mass is 16.3. The Balaban J connectivity index is 3.21. The van der Waals surface area contributed by atoms with Gasteiger partial charge in [0.1, 0.15) is 5.82 Å². The van der Waals surface area contributed by atoms with E-state index in [0.29, 0.717) is 17.8 Å². The highest BCUT2D eigenvalue weighted by molar-refractivity contribution is 5.22. The predicted molar refractivity (Wildman–Crippen MR) is 54.6 cm³/mol. The minimum absolute atomic E-state index is 0.133. The molecule has 2 N–H and O–H groups in total. The Labute approximate surface area is 83.0 Å². The van der Waals surface area contributed by atoms with Gasteiger partial charge in [-0.2, -0.15) is 4.98 Å².